The maximum Gasteiger partial charge on any atom is -0.0326 e. The summed E-state index contributed by atoms with van der Waals surface area (Å²) in [4.78, 5) is 0. The van der Waals surface area contributed by atoms with Crippen LogP contribution in [-0.2, 0) is 0 Å². The zero-order valence-corrected chi connectivity index (χ0v) is 8.61. The first-order valence-corrected chi connectivity index (χ1v) is 4.96. The van der Waals surface area contributed by atoms with Crippen LogP contribution < -0.4 is 0 Å². The Hall–Kier alpha value is 0. The van der Waals surface area contributed by atoms with E-state index in [1.165, 1.54) is 32.1 Å². The lowest BCUT2D eigenvalue weighted by Gasteiger charge is -2.21. The maximum atomic E-state index is 2.47. The van der Waals surface area contributed by atoms with Gasteiger partial charge in [0.25, 0.3) is 0 Å². The minimum absolute atomic E-state index is 0.466. The third kappa shape index (κ3) is 6.40. The summed E-state index contributed by atoms with van der Waals surface area (Å²) in [7, 11) is 0. The van der Waals surface area contributed by atoms with Gasteiger partial charge in [0.05, 0.1) is 0 Å². The van der Waals surface area contributed by atoms with Crippen LogP contribution in [0.4, 0.5) is 0 Å². The van der Waals surface area contributed by atoms with Gasteiger partial charge in [-0.25, -0.2) is 0 Å². The lowest BCUT2D eigenvalue weighted by Crippen LogP contribution is -2.09. The third-order valence-electron chi connectivity index (χ3n) is 2.42. The van der Waals surface area contributed by atoms with Gasteiger partial charge in [0, 0.05) is 0 Å². The van der Waals surface area contributed by atoms with Gasteiger partial charge in [0.2, 0.25) is 0 Å². The molecule has 11 heavy (non-hydrogen) atoms. The van der Waals surface area contributed by atoms with Crippen molar-refractivity contribution in [3.63, 3.8) is 0 Å². The first-order valence-electron chi connectivity index (χ1n) is 4.96. The van der Waals surface area contributed by atoms with Gasteiger partial charge in [0.15, 0.2) is 0 Å². The predicted octanol–water partition coefficient (Wildman–Crippen LogP) is 4.21. The van der Waals surface area contributed by atoms with E-state index in [0.29, 0.717) is 5.41 Å². The second-order valence-corrected chi connectivity index (χ2v) is 4.04. The monoisotopic (exact) mass is 155 g/mol. The Bertz CT molecular complexity index is 82.0. The molecular formula is C11H23. The molecule has 0 saturated heterocycles. The Balaban J connectivity index is 3.23. The molecule has 0 aromatic rings. The average molecular weight is 155 g/mol. The highest BCUT2D eigenvalue weighted by Gasteiger charge is 2.13. The van der Waals surface area contributed by atoms with Gasteiger partial charge in [0.1, 0.15) is 0 Å². The van der Waals surface area contributed by atoms with Crippen molar-refractivity contribution < 1.29 is 0 Å². The Morgan fingerprint density at radius 1 is 1.09 bits per heavy atom. The molecule has 0 rings (SSSR count). The number of hydrogen-bond donors (Lipinski definition) is 0. The largest absolute Gasteiger partial charge is 0.0654 e. The summed E-state index contributed by atoms with van der Waals surface area (Å²) in [6, 6.07) is 0. The Labute approximate surface area is 72.4 Å². The molecule has 0 N–H and O–H groups in total. The topological polar surface area (TPSA) is 0 Å². The molecule has 0 bridgehead atoms. The van der Waals surface area contributed by atoms with Crippen molar-refractivity contribution in [2.75, 3.05) is 0 Å². The second kappa shape index (κ2) is 5.62. The Kier molecular flexibility index (Phi) is 5.62. The van der Waals surface area contributed by atoms with Gasteiger partial charge in [-0.1, -0.05) is 53.4 Å². The molecular weight excluding hydrogens is 132 g/mol. The SMILES string of the molecule is CCCCC[CH]C(C)(C)CC. The van der Waals surface area contributed by atoms with Gasteiger partial charge < -0.3 is 0 Å². The quantitative estimate of drug-likeness (QED) is 0.504. The van der Waals surface area contributed by atoms with E-state index in [2.05, 4.69) is 34.1 Å². The molecule has 1 radical (unpaired) electrons. The molecule has 67 valence electrons. The predicted molar refractivity (Wildman–Crippen MR) is 52.5 cm³/mol. The fourth-order valence-corrected chi connectivity index (χ4v) is 1.03. The highest BCUT2D eigenvalue weighted by molar-refractivity contribution is 4.82. The van der Waals surface area contributed by atoms with E-state index in [1.54, 1.807) is 0 Å². The number of unbranched alkanes of at least 4 members (excludes halogenated alkanes) is 3. The summed E-state index contributed by atoms with van der Waals surface area (Å²) in [5.41, 5.74) is 0.466. The Morgan fingerprint density at radius 3 is 2.18 bits per heavy atom. The number of hydrogen-bond acceptors (Lipinski definition) is 0. The zero-order chi connectivity index (χ0) is 8.74. The van der Waals surface area contributed by atoms with Crippen LogP contribution in [0.2, 0.25) is 0 Å². The fraction of sp³-hybridized carbons (Fsp3) is 0.909. The van der Waals surface area contributed by atoms with Crippen LogP contribution >= 0.6 is 0 Å². The van der Waals surface area contributed by atoms with Crippen LogP contribution in [-0.4, -0.2) is 0 Å². The van der Waals surface area contributed by atoms with Crippen molar-refractivity contribution in [3.05, 3.63) is 6.42 Å². The molecule has 0 aromatic heterocycles. The van der Waals surface area contributed by atoms with Crippen LogP contribution in [0.25, 0.3) is 0 Å². The van der Waals surface area contributed by atoms with Gasteiger partial charge in [-0.05, 0) is 18.3 Å². The lowest BCUT2D eigenvalue weighted by atomic mass is 9.84. The molecule has 0 aliphatic carbocycles. The van der Waals surface area contributed by atoms with Crippen molar-refractivity contribution in [2.24, 2.45) is 5.41 Å². The molecule has 0 nitrogen and oxygen atoms in total. The normalized spacial score (nSPS) is 12.0. The molecule has 0 spiro atoms. The third-order valence-corrected chi connectivity index (χ3v) is 2.42. The van der Waals surface area contributed by atoms with Crippen molar-refractivity contribution in [1.29, 1.82) is 0 Å². The van der Waals surface area contributed by atoms with E-state index in [4.69, 9.17) is 0 Å². The van der Waals surface area contributed by atoms with Crippen molar-refractivity contribution in [2.45, 2.75) is 59.8 Å². The molecule has 0 fully saturated rings. The molecule has 0 aromatic carbocycles. The molecule has 0 atom stereocenters. The summed E-state index contributed by atoms with van der Waals surface area (Å²) in [5, 5.41) is 0. The maximum absolute atomic E-state index is 2.47. The van der Waals surface area contributed by atoms with Crippen LogP contribution in [0.15, 0.2) is 0 Å². The molecule has 0 amide bonds. The lowest BCUT2D eigenvalue weighted by molar-refractivity contribution is 0.401. The van der Waals surface area contributed by atoms with Crippen LogP contribution in [0.1, 0.15) is 59.8 Å². The van der Waals surface area contributed by atoms with E-state index in [9.17, 15) is 0 Å². The summed E-state index contributed by atoms with van der Waals surface area (Å²) >= 11 is 0. The molecule has 0 heteroatoms. The summed E-state index contributed by atoms with van der Waals surface area (Å²) in [6.07, 6.45) is 9.13. The standard InChI is InChI=1S/C11H23/c1-5-7-8-9-10-11(3,4)6-2/h10H,5-9H2,1-4H3. The molecule has 0 aliphatic rings. The van der Waals surface area contributed by atoms with Gasteiger partial charge >= 0.3 is 0 Å². The average Bonchev–Trinajstić information content (AvgIpc) is 1.99. The van der Waals surface area contributed by atoms with Gasteiger partial charge in [-0.2, -0.15) is 0 Å². The first kappa shape index (κ1) is 11.0. The van der Waals surface area contributed by atoms with Gasteiger partial charge in [-0.15, -0.1) is 0 Å². The van der Waals surface area contributed by atoms with E-state index in [0.717, 1.165) is 0 Å². The van der Waals surface area contributed by atoms with Crippen LogP contribution in [0.5, 0.6) is 0 Å². The first-order chi connectivity index (χ1) is 5.12. The smallest absolute Gasteiger partial charge is 0.0326 e. The van der Waals surface area contributed by atoms with Crippen LogP contribution in [0.3, 0.4) is 0 Å². The molecule has 0 saturated carbocycles. The summed E-state index contributed by atoms with van der Waals surface area (Å²) < 4.78 is 0. The fourth-order valence-electron chi connectivity index (χ4n) is 1.03. The summed E-state index contributed by atoms with van der Waals surface area (Å²) in [6.45, 7) is 9.15. The van der Waals surface area contributed by atoms with E-state index >= 15 is 0 Å². The van der Waals surface area contributed by atoms with Crippen molar-refractivity contribution >= 4 is 0 Å². The second-order valence-electron chi connectivity index (χ2n) is 4.04. The van der Waals surface area contributed by atoms with Crippen molar-refractivity contribution in [3.8, 4) is 0 Å². The molecule has 0 aliphatic heterocycles. The minimum Gasteiger partial charge on any atom is -0.0654 e. The highest BCUT2D eigenvalue weighted by Crippen LogP contribution is 2.25. The van der Waals surface area contributed by atoms with Crippen molar-refractivity contribution in [1.82, 2.24) is 0 Å². The van der Waals surface area contributed by atoms with Gasteiger partial charge in [-0.3, -0.25) is 0 Å². The van der Waals surface area contributed by atoms with E-state index in [-0.39, 0.29) is 0 Å². The highest BCUT2D eigenvalue weighted by atomic mass is 14.2. The number of rotatable bonds is 6. The summed E-state index contributed by atoms with van der Waals surface area (Å²) in [5.74, 6) is 0. The molecule has 0 heterocycles. The minimum atomic E-state index is 0.466. The Morgan fingerprint density at radius 2 is 1.73 bits per heavy atom. The molecule has 0 unspecified atom stereocenters. The zero-order valence-electron chi connectivity index (χ0n) is 8.61. The van der Waals surface area contributed by atoms with Crippen LogP contribution in [0, 0.1) is 11.8 Å². The van der Waals surface area contributed by atoms with E-state index in [1.807, 2.05) is 0 Å². The van der Waals surface area contributed by atoms with E-state index < -0.39 is 0 Å².